The molecular weight excluding hydrogens is 97.0 g/mol. The Kier molecular flexibility index (Phi) is 4.64. The number of hydrogen-bond acceptors (Lipinski definition) is 1. The van der Waals surface area contributed by atoms with E-state index in [1.54, 1.807) is 6.08 Å². The lowest BCUT2D eigenvalue weighted by Crippen LogP contribution is -1.94. The second-order valence-corrected chi connectivity index (χ2v) is 1.24. The van der Waals surface area contributed by atoms with Gasteiger partial charge in [-0.15, -0.1) is 6.58 Å². The van der Waals surface area contributed by atoms with Crippen LogP contribution >= 0.6 is 8.61 Å². The van der Waals surface area contributed by atoms with Crippen LogP contribution in [0.25, 0.3) is 0 Å². The molecule has 0 atom stereocenters. The molecule has 0 spiro atoms. The first-order chi connectivity index (χ1) is 2.91. The van der Waals surface area contributed by atoms with Gasteiger partial charge in [-0.1, -0.05) is 6.08 Å². The van der Waals surface area contributed by atoms with Crippen molar-refractivity contribution in [3.63, 3.8) is 0 Å². The van der Waals surface area contributed by atoms with Crippen LogP contribution < -0.4 is 5.09 Å². The molecule has 0 aliphatic heterocycles. The van der Waals surface area contributed by atoms with Gasteiger partial charge in [-0.05, 0) is 0 Å². The highest BCUT2D eigenvalue weighted by Gasteiger charge is 1.67. The van der Waals surface area contributed by atoms with E-state index in [1.165, 1.54) is 0 Å². The molecule has 0 unspecified atom stereocenters. The van der Waals surface area contributed by atoms with Gasteiger partial charge in [-0.2, -0.15) is 0 Å². The van der Waals surface area contributed by atoms with Crippen LogP contribution in [-0.4, -0.2) is 6.54 Å². The second kappa shape index (κ2) is 4.80. The molecule has 0 fully saturated rings. The van der Waals surface area contributed by atoms with E-state index in [2.05, 4.69) is 11.7 Å². The zero-order valence-corrected chi connectivity index (χ0v) is 4.24. The van der Waals surface area contributed by atoms with Crippen LogP contribution in [0, 0.1) is 0 Å². The van der Waals surface area contributed by atoms with Gasteiger partial charge in [0.2, 0.25) is 8.61 Å². The van der Waals surface area contributed by atoms with Gasteiger partial charge >= 0.3 is 0 Å². The summed E-state index contributed by atoms with van der Waals surface area (Å²) in [6.45, 7) is 3.99. The predicted molar refractivity (Wildman–Crippen MR) is 25.8 cm³/mol. The zero-order chi connectivity index (χ0) is 4.83. The quantitative estimate of drug-likeness (QED) is 0.327. The van der Waals surface area contributed by atoms with Crippen molar-refractivity contribution in [1.29, 1.82) is 0 Å². The summed E-state index contributed by atoms with van der Waals surface area (Å²) in [5.41, 5.74) is 0. The molecule has 0 radical (unpaired) electrons. The fraction of sp³-hybridized carbons (Fsp3) is 0.333. The molecule has 6 heavy (non-hydrogen) atoms. The first-order valence-corrected chi connectivity index (χ1v) is 2.39. The van der Waals surface area contributed by atoms with Crippen molar-refractivity contribution in [2.24, 2.45) is 0 Å². The van der Waals surface area contributed by atoms with Crippen molar-refractivity contribution in [3.8, 4) is 0 Å². The van der Waals surface area contributed by atoms with Gasteiger partial charge in [0.05, 0.1) is 0 Å². The van der Waals surface area contributed by atoms with Crippen molar-refractivity contribution in [1.82, 2.24) is 5.09 Å². The first kappa shape index (κ1) is 5.80. The molecule has 0 aromatic carbocycles. The molecule has 34 valence electrons. The Morgan fingerprint density at radius 2 is 2.67 bits per heavy atom. The third-order valence-corrected chi connectivity index (χ3v) is 0.612. The Bertz CT molecular complexity index is 46.8. The average Bonchev–Trinajstić information content (AvgIpc) is 1.61. The topological polar surface area (TPSA) is 29.1 Å². The molecule has 0 aromatic rings. The van der Waals surface area contributed by atoms with Gasteiger partial charge in [0.25, 0.3) is 0 Å². The second-order valence-electron chi connectivity index (χ2n) is 0.742. The highest BCUT2D eigenvalue weighted by atomic mass is 31.1. The van der Waals surface area contributed by atoms with Gasteiger partial charge in [-0.3, -0.25) is 4.57 Å². The van der Waals surface area contributed by atoms with E-state index < -0.39 is 0 Å². The summed E-state index contributed by atoms with van der Waals surface area (Å²) in [6, 6.07) is 0. The monoisotopic (exact) mass is 103 g/mol. The van der Waals surface area contributed by atoms with Gasteiger partial charge in [-0.25, -0.2) is 5.09 Å². The third-order valence-electron chi connectivity index (χ3n) is 0.300. The Hall–Kier alpha value is -0.200. The third kappa shape index (κ3) is 3.80. The molecule has 0 saturated carbocycles. The maximum atomic E-state index is 9.50. The predicted octanol–water partition coefficient (Wildman–Crippen LogP) is 0.969. The summed E-state index contributed by atoms with van der Waals surface area (Å²) in [6.07, 6.45) is 1.64. The average molecular weight is 103 g/mol. The minimum absolute atomic E-state index is 0.0258. The summed E-state index contributed by atoms with van der Waals surface area (Å²) in [4.78, 5) is 0. The lowest BCUT2D eigenvalue weighted by atomic mass is 10.7. The number of hydrogen-bond donors (Lipinski definition) is 1. The molecule has 0 rings (SSSR count). The van der Waals surface area contributed by atoms with Crippen molar-refractivity contribution in [2.45, 2.75) is 0 Å². The van der Waals surface area contributed by atoms with Crippen LogP contribution in [0.4, 0.5) is 0 Å². The lowest BCUT2D eigenvalue weighted by molar-refractivity contribution is 0.593. The summed E-state index contributed by atoms with van der Waals surface area (Å²) in [7, 11) is -0.0258. The van der Waals surface area contributed by atoms with Gasteiger partial charge < -0.3 is 0 Å². The van der Waals surface area contributed by atoms with Crippen molar-refractivity contribution in [3.05, 3.63) is 12.7 Å². The summed E-state index contributed by atoms with van der Waals surface area (Å²) >= 11 is 0. The van der Waals surface area contributed by atoms with E-state index in [4.69, 9.17) is 0 Å². The van der Waals surface area contributed by atoms with Crippen molar-refractivity contribution in [2.75, 3.05) is 6.54 Å². The molecule has 3 heteroatoms. The summed E-state index contributed by atoms with van der Waals surface area (Å²) in [5.74, 6) is 0. The zero-order valence-electron chi connectivity index (χ0n) is 3.35. The molecule has 0 bridgehead atoms. The van der Waals surface area contributed by atoms with Crippen LogP contribution in [0.3, 0.4) is 0 Å². The van der Waals surface area contributed by atoms with Crippen LogP contribution in [0.2, 0.25) is 0 Å². The Morgan fingerprint density at radius 1 is 2.00 bits per heavy atom. The molecule has 0 aliphatic carbocycles. The van der Waals surface area contributed by atoms with Crippen molar-refractivity contribution < 1.29 is 4.57 Å². The molecule has 1 N–H and O–H groups in total. The Labute approximate surface area is 38.5 Å². The Morgan fingerprint density at radius 3 is 2.83 bits per heavy atom. The molecular formula is C3H6NOP. The number of nitrogens with one attached hydrogen (secondary N) is 1. The molecule has 2 nitrogen and oxygen atoms in total. The normalized spacial score (nSPS) is 8.67. The van der Waals surface area contributed by atoms with E-state index in [9.17, 15) is 4.57 Å². The highest BCUT2D eigenvalue weighted by Crippen LogP contribution is 1.75. The van der Waals surface area contributed by atoms with E-state index in [0.29, 0.717) is 6.54 Å². The highest BCUT2D eigenvalue weighted by molar-refractivity contribution is 7.21. The molecule has 0 amide bonds. The largest absolute Gasteiger partial charge is 0.256 e. The number of rotatable bonds is 3. The van der Waals surface area contributed by atoms with Crippen LogP contribution in [0.1, 0.15) is 0 Å². The fourth-order valence-electron chi connectivity index (χ4n) is 0.102. The van der Waals surface area contributed by atoms with Gasteiger partial charge in [0.1, 0.15) is 0 Å². The summed E-state index contributed by atoms with van der Waals surface area (Å²) in [5, 5.41) is 2.50. The minimum atomic E-state index is -0.0258. The standard InChI is InChI=1S/C3H6NOP/c1-2-3-4-6-5/h2H,1,3H2,(H,4,5). The SMILES string of the molecule is C=CCNP=O. The van der Waals surface area contributed by atoms with Crippen molar-refractivity contribution >= 4 is 8.61 Å². The molecule has 0 aromatic heterocycles. The van der Waals surface area contributed by atoms with Gasteiger partial charge in [0, 0.05) is 6.54 Å². The molecule has 0 aliphatic rings. The maximum Gasteiger partial charge on any atom is 0.246 e. The van der Waals surface area contributed by atoms with Crippen LogP contribution in [0.5, 0.6) is 0 Å². The smallest absolute Gasteiger partial charge is 0.246 e. The van der Waals surface area contributed by atoms with Crippen LogP contribution in [-0.2, 0) is 4.57 Å². The van der Waals surface area contributed by atoms with E-state index in [-0.39, 0.29) is 8.61 Å². The lowest BCUT2D eigenvalue weighted by Gasteiger charge is -1.76. The Balaban J connectivity index is 2.66. The van der Waals surface area contributed by atoms with Gasteiger partial charge in [0.15, 0.2) is 0 Å². The molecule has 0 saturated heterocycles. The first-order valence-electron chi connectivity index (χ1n) is 1.58. The summed E-state index contributed by atoms with van der Waals surface area (Å²) < 4.78 is 9.50. The fourth-order valence-corrected chi connectivity index (χ4v) is 0.305. The van der Waals surface area contributed by atoms with Crippen LogP contribution in [0.15, 0.2) is 12.7 Å². The van der Waals surface area contributed by atoms with E-state index >= 15 is 0 Å². The van der Waals surface area contributed by atoms with E-state index in [0.717, 1.165) is 0 Å². The maximum absolute atomic E-state index is 9.50. The molecule has 0 heterocycles. The minimum Gasteiger partial charge on any atom is -0.256 e. The van der Waals surface area contributed by atoms with E-state index in [1.807, 2.05) is 0 Å².